The summed E-state index contributed by atoms with van der Waals surface area (Å²) < 4.78 is 0. The summed E-state index contributed by atoms with van der Waals surface area (Å²) in [6.07, 6.45) is 0. The zero-order valence-electron chi connectivity index (χ0n) is 9.10. The first kappa shape index (κ1) is 11.8. The molecule has 0 aliphatic rings. The molecular weight excluding hydrogens is 210 g/mol. The Morgan fingerprint density at radius 1 is 1.20 bits per heavy atom. The van der Waals surface area contributed by atoms with Gasteiger partial charge in [0.05, 0.1) is 5.02 Å². The predicted molar refractivity (Wildman–Crippen MR) is 65.7 cm³/mol. The van der Waals surface area contributed by atoms with Crippen molar-refractivity contribution in [3.05, 3.63) is 45.2 Å². The van der Waals surface area contributed by atoms with Crippen LogP contribution in [-0.4, -0.2) is 4.98 Å². The molecule has 0 bridgehead atoms. The van der Waals surface area contributed by atoms with E-state index in [0.717, 1.165) is 10.9 Å². The van der Waals surface area contributed by atoms with Crippen LogP contribution in [0.2, 0.25) is 5.02 Å². The summed E-state index contributed by atoms with van der Waals surface area (Å²) in [5.41, 5.74) is 1.23. The van der Waals surface area contributed by atoms with Crippen molar-refractivity contribution in [2.75, 3.05) is 0 Å². The fourth-order valence-corrected chi connectivity index (χ4v) is 1.55. The van der Waals surface area contributed by atoms with Gasteiger partial charge in [-0.05, 0) is 13.0 Å². The Labute approximate surface area is 93.9 Å². The first-order valence-corrected chi connectivity index (χ1v) is 5.35. The van der Waals surface area contributed by atoms with Crippen LogP contribution in [0.4, 0.5) is 0 Å². The first-order chi connectivity index (χ1) is 7.20. The van der Waals surface area contributed by atoms with Crippen LogP contribution in [0.5, 0.6) is 0 Å². The van der Waals surface area contributed by atoms with E-state index < -0.39 is 0 Å². The van der Waals surface area contributed by atoms with Crippen molar-refractivity contribution in [3.63, 3.8) is 0 Å². The summed E-state index contributed by atoms with van der Waals surface area (Å²) in [5, 5.41) is 1.43. The third-order valence-electron chi connectivity index (χ3n) is 2.08. The highest BCUT2D eigenvalue weighted by Crippen LogP contribution is 2.21. The van der Waals surface area contributed by atoms with Gasteiger partial charge in [-0.25, -0.2) is 0 Å². The van der Waals surface area contributed by atoms with E-state index in [1.807, 2.05) is 38.1 Å². The van der Waals surface area contributed by atoms with E-state index in [-0.39, 0.29) is 5.56 Å². The van der Waals surface area contributed by atoms with Crippen molar-refractivity contribution in [3.8, 4) is 0 Å². The molecule has 0 fully saturated rings. The lowest BCUT2D eigenvalue weighted by atomic mass is 10.2. The Hall–Kier alpha value is -1.28. The van der Waals surface area contributed by atoms with Gasteiger partial charge in [0.25, 0.3) is 5.56 Å². The number of aromatic nitrogens is 1. The van der Waals surface area contributed by atoms with Crippen molar-refractivity contribution >= 4 is 22.5 Å². The lowest BCUT2D eigenvalue weighted by Gasteiger charge is -2.01. The fourth-order valence-electron chi connectivity index (χ4n) is 1.30. The number of halogens is 1. The van der Waals surface area contributed by atoms with Gasteiger partial charge < -0.3 is 4.98 Å². The smallest absolute Gasteiger partial charge is 0.252 e. The van der Waals surface area contributed by atoms with E-state index >= 15 is 0 Å². The van der Waals surface area contributed by atoms with Crippen molar-refractivity contribution in [2.45, 2.75) is 20.8 Å². The minimum absolute atomic E-state index is 0.122. The number of pyridine rings is 1. The number of benzene rings is 1. The van der Waals surface area contributed by atoms with Gasteiger partial charge in [0.1, 0.15) is 0 Å². The van der Waals surface area contributed by atoms with Gasteiger partial charge in [0, 0.05) is 16.5 Å². The summed E-state index contributed by atoms with van der Waals surface area (Å²) in [6, 6.07) is 7.48. The van der Waals surface area contributed by atoms with Gasteiger partial charge in [0.15, 0.2) is 0 Å². The molecule has 1 aromatic carbocycles. The minimum atomic E-state index is -0.122. The van der Waals surface area contributed by atoms with Crippen LogP contribution in [-0.2, 0) is 0 Å². The molecular formula is C12H14ClNO. The van der Waals surface area contributed by atoms with E-state index in [2.05, 4.69) is 4.98 Å². The third kappa shape index (κ3) is 2.21. The van der Waals surface area contributed by atoms with Crippen molar-refractivity contribution in [2.24, 2.45) is 0 Å². The zero-order chi connectivity index (χ0) is 11.4. The predicted octanol–water partition coefficient (Wildman–Crippen LogP) is 3.52. The molecule has 1 aromatic heterocycles. The number of nitrogens with one attached hydrogen (secondary N) is 1. The number of hydrogen-bond donors (Lipinski definition) is 1. The SMILES string of the molecule is CC.Cc1c(Cl)c2ccccc2[nH]c1=O. The van der Waals surface area contributed by atoms with E-state index in [4.69, 9.17) is 11.6 Å². The van der Waals surface area contributed by atoms with Crippen LogP contribution in [0.25, 0.3) is 10.9 Å². The molecule has 0 spiro atoms. The number of rotatable bonds is 0. The second kappa shape index (κ2) is 4.99. The Kier molecular flexibility index (Phi) is 3.92. The molecule has 1 N–H and O–H groups in total. The molecule has 0 aliphatic carbocycles. The lowest BCUT2D eigenvalue weighted by molar-refractivity contribution is 1.24. The van der Waals surface area contributed by atoms with E-state index in [1.54, 1.807) is 6.92 Å². The van der Waals surface area contributed by atoms with Gasteiger partial charge in [-0.1, -0.05) is 43.6 Å². The van der Waals surface area contributed by atoms with Gasteiger partial charge in [-0.15, -0.1) is 0 Å². The highest BCUT2D eigenvalue weighted by Gasteiger charge is 2.04. The zero-order valence-corrected chi connectivity index (χ0v) is 9.85. The van der Waals surface area contributed by atoms with Crippen molar-refractivity contribution in [1.29, 1.82) is 0 Å². The highest BCUT2D eigenvalue weighted by molar-refractivity contribution is 6.36. The van der Waals surface area contributed by atoms with Crippen LogP contribution < -0.4 is 5.56 Å². The number of aromatic amines is 1. The molecule has 0 saturated heterocycles. The van der Waals surface area contributed by atoms with Gasteiger partial charge >= 0.3 is 0 Å². The average molecular weight is 224 g/mol. The van der Waals surface area contributed by atoms with E-state index in [1.165, 1.54) is 0 Å². The molecule has 0 atom stereocenters. The highest BCUT2D eigenvalue weighted by atomic mass is 35.5. The Bertz CT molecular complexity index is 517. The molecule has 0 aliphatic heterocycles. The van der Waals surface area contributed by atoms with E-state index in [9.17, 15) is 4.79 Å². The maximum Gasteiger partial charge on any atom is 0.252 e. The Morgan fingerprint density at radius 3 is 2.47 bits per heavy atom. The second-order valence-electron chi connectivity index (χ2n) is 2.94. The summed E-state index contributed by atoms with van der Waals surface area (Å²) in [7, 11) is 0. The average Bonchev–Trinajstić information content (AvgIpc) is 2.29. The molecule has 0 radical (unpaired) electrons. The molecule has 2 nitrogen and oxygen atoms in total. The molecule has 2 rings (SSSR count). The topological polar surface area (TPSA) is 32.9 Å². The Morgan fingerprint density at radius 2 is 1.80 bits per heavy atom. The monoisotopic (exact) mass is 223 g/mol. The molecule has 1 heterocycles. The minimum Gasteiger partial charge on any atom is -0.322 e. The van der Waals surface area contributed by atoms with Crippen LogP contribution in [0.3, 0.4) is 0 Å². The largest absolute Gasteiger partial charge is 0.322 e. The quantitative estimate of drug-likeness (QED) is 0.729. The van der Waals surface area contributed by atoms with Crippen molar-refractivity contribution in [1.82, 2.24) is 4.98 Å². The molecule has 80 valence electrons. The van der Waals surface area contributed by atoms with Gasteiger partial charge in [0.2, 0.25) is 0 Å². The van der Waals surface area contributed by atoms with Gasteiger partial charge in [-0.3, -0.25) is 4.79 Å². The molecule has 0 saturated carbocycles. The maximum absolute atomic E-state index is 11.3. The maximum atomic E-state index is 11.3. The number of hydrogen-bond acceptors (Lipinski definition) is 1. The standard InChI is InChI=1S/C10H8ClNO.C2H6/c1-6-9(11)7-4-2-3-5-8(7)12-10(6)13;1-2/h2-5H,1H3,(H,12,13);1-2H3. The number of para-hydroxylation sites is 1. The lowest BCUT2D eigenvalue weighted by Crippen LogP contribution is -2.09. The summed E-state index contributed by atoms with van der Waals surface area (Å²) in [5.74, 6) is 0. The normalized spacial score (nSPS) is 9.60. The third-order valence-corrected chi connectivity index (χ3v) is 2.57. The molecule has 0 amide bonds. The van der Waals surface area contributed by atoms with Crippen LogP contribution in [0, 0.1) is 6.92 Å². The second-order valence-corrected chi connectivity index (χ2v) is 3.32. The van der Waals surface area contributed by atoms with Crippen LogP contribution in [0.1, 0.15) is 19.4 Å². The number of fused-ring (bicyclic) bond motifs is 1. The Balaban J connectivity index is 0.000000531. The van der Waals surface area contributed by atoms with Crippen molar-refractivity contribution < 1.29 is 0 Å². The number of H-pyrrole nitrogens is 1. The molecule has 15 heavy (non-hydrogen) atoms. The van der Waals surface area contributed by atoms with Gasteiger partial charge in [-0.2, -0.15) is 0 Å². The van der Waals surface area contributed by atoms with Crippen LogP contribution >= 0.6 is 11.6 Å². The summed E-state index contributed by atoms with van der Waals surface area (Å²) in [4.78, 5) is 14.1. The first-order valence-electron chi connectivity index (χ1n) is 4.97. The molecule has 0 unspecified atom stereocenters. The van der Waals surface area contributed by atoms with E-state index in [0.29, 0.717) is 10.6 Å². The molecule has 3 heteroatoms. The molecule has 2 aromatic rings. The summed E-state index contributed by atoms with van der Waals surface area (Å²) in [6.45, 7) is 5.72. The van der Waals surface area contributed by atoms with Crippen LogP contribution in [0.15, 0.2) is 29.1 Å². The summed E-state index contributed by atoms with van der Waals surface area (Å²) >= 11 is 6.01. The fraction of sp³-hybridized carbons (Fsp3) is 0.250.